The predicted octanol–water partition coefficient (Wildman–Crippen LogP) is 4.70. The first-order chi connectivity index (χ1) is 11.2. The molecule has 0 N–H and O–H groups in total. The summed E-state index contributed by atoms with van der Waals surface area (Å²) in [5.41, 5.74) is 2.15. The summed E-state index contributed by atoms with van der Waals surface area (Å²) in [6, 6.07) is 9.47. The molecule has 4 heterocycles. The minimum Gasteiger partial charge on any atom is -0.459 e. The second-order valence-electron chi connectivity index (χ2n) is 5.34. The van der Waals surface area contributed by atoms with E-state index in [1.54, 1.807) is 39.8 Å². The summed E-state index contributed by atoms with van der Waals surface area (Å²) in [7, 11) is 0. The first kappa shape index (κ1) is 14.4. The van der Waals surface area contributed by atoms with Crippen molar-refractivity contribution in [3.63, 3.8) is 0 Å². The Morgan fingerprint density at radius 3 is 2.83 bits per heavy atom. The molecule has 1 amide bonds. The standard InChI is InChI=1S/C17H14N2O2S2/c1-11-6-9-23-16(11)13-10-12(15-5-3-8-22-15)18-19(13)17(20)14-4-2-7-21-14/h2-9,13H,10H2,1H3/t13-/m0/s1. The number of thiophene rings is 2. The summed E-state index contributed by atoms with van der Waals surface area (Å²) < 4.78 is 5.28. The van der Waals surface area contributed by atoms with Crippen molar-refractivity contribution in [1.82, 2.24) is 5.01 Å². The number of aryl methyl sites for hydroxylation is 1. The van der Waals surface area contributed by atoms with E-state index in [1.807, 2.05) is 17.5 Å². The van der Waals surface area contributed by atoms with Crippen LogP contribution in [0.3, 0.4) is 0 Å². The molecule has 1 atom stereocenters. The summed E-state index contributed by atoms with van der Waals surface area (Å²) >= 11 is 3.32. The van der Waals surface area contributed by atoms with Gasteiger partial charge in [-0.1, -0.05) is 6.07 Å². The largest absolute Gasteiger partial charge is 0.459 e. The number of hydrogen-bond acceptors (Lipinski definition) is 5. The summed E-state index contributed by atoms with van der Waals surface area (Å²) in [5, 5.41) is 10.3. The molecule has 1 aliphatic rings. The molecule has 0 saturated carbocycles. The van der Waals surface area contributed by atoms with E-state index in [0.717, 1.165) is 17.0 Å². The number of nitrogens with zero attached hydrogens (tertiary/aromatic N) is 2. The van der Waals surface area contributed by atoms with Crippen molar-refractivity contribution in [2.45, 2.75) is 19.4 Å². The normalized spacial score (nSPS) is 17.5. The molecule has 6 heteroatoms. The lowest BCUT2D eigenvalue weighted by Crippen LogP contribution is -2.26. The van der Waals surface area contributed by atoms with Crippen molar-refractivity contribution in [3.8, 4) is 0 Å². The van der Waals surface area contributed by atoms with Gasteiger partial charge in [0.05, 0.1) is 22.9 Å². The lowest BCUT2D eigenvalue weighted by atomic mass is 10.1. The lowest BCUT2D eigenvalue weighted by molar-refractivity contribution is 0.0681. The highest BCUT2D eigenvalue weighted by Crippen LogP contribution is 2.38. The van der Waals surface area contributed by atoms with Crippen molar-refractivity contribution >= 4 is 34.3 Å². The van der Waals surface area contributed by atoms with Gasteiger partial charge in [-0.2, -0.15) is 5.10 Å². The number of rotatable bonds is 3. The Balaban J connectivity index is 1.74. The van der Waals surface area contributed by atoms with Gasteiger partial charge in [0, 0.05) is 11.3 Å². The van der Waals surface area contributed by atoms with Gasteiger partial charge < -0.3 is 4.42 Å². The van der Waals surface area contributed by atoms with Gasteiger partial charge in [0.1, 0.15) is 0 Å². The Labute approximate surface area is 141 Å². The van der Waals surface area contributed by atoms with Crippen LogP contribution in [0.25, 0.3) is 0 Å². The smallest absolute Gasteiger partial charge is 0.310 e. The maximum Gasteiger partial charge on any atom is 0.310 e. The Morgan fingerprint density at radius 1 is 1.26 bits per heavy atom. The van der Waals surface area contributed by atoms with Gasteiger partial charge >= 0.3 is 5.91 Å². The number of furan rings is 1. The van der Waals surface area contributed by atoms with Crippen molar-refractivity contribution in [3.05, 3.63) is 68.4 Å². The maximum atomic E-state index is 12.8. The average molecular weight is 342 g/mol. The summed E-state index contributed by atoms with van der Waals surface area (Å²) in [4.78, 5) is 15.1. The molecule has 0 radical (unpaired) electrons. The molecule has 0 spiro atoms. The molecule has 3 aromatic heterocycles. The number of hydrazone groups is 1. The molecule has 0 fully saturated rings. The topological polar surface area (TPSA) is 45.8 Å². The number of amides is 1. The van der Waals surface area contributed by atoms with Gasteiger partial charge in [-0.25, -0.2) is 5.01 Å². The number of carbonyl (C=O) groups excluding carboxylic acids is 1. The highest BCUT2D eigenvalue weighted by Gasteiger charge is 2.36. The predicted molar refractivity (Wildman–Crippen MR) is 92.1 cm³/mol. The van der Waals surface area contributed by atoms with Gasteiger partial charge in [0.2, 0.25) is 0 Å². The second kappa shape index (κ2) is 5.79. The highest BCUT2D eigenvalue weighted by molar-refractivity contribution is 7.12. The Kier molecular flexibility index (Phi) is 3.63. The molecule has 0 unspecified atom stereocenters. The van der Waals surface area contributed by atoms with Crippen LogP contribution in [-0.2, 0) is 0 Å². The highest BCUT2D eigenvalue weighted by atomic mass is 32.1. The van der Waals surface area contributed by atoms with Crippen molar-refractivity contribution in [2.24, 2.45) is 5.10 Å². The SMILES string of the molecule is Cc1ccsc1[C@@H]1CC(c2cccs2)=NN1C(=O)c1ccco1. The summed E-state index contributed by atoms with van der Waals surface area (Å²) in [5.74, 6) is 0.125. The van der Waals surface area contributed by atoms with Crippen LogP contribution in [0, 0.1) is 6.92 Å². The van der Waals surface area contributed by atoms with Crippen LogP contribution in [0.4, 0.5) is 0 Å². The van der Waals surface area contributed by atoms with Gasteiger partial charge in [-0.15, -0.1) is 22.7 Å². The molecule has 4 rings (SSSR count). The third-order valence-electron chi connectivity index (χ3n) is 3.86. The third-order valence-corrected chi connectivity index (χ3v) is 5.90. The van der Waals surface area contributed by atoms with Gasteiger partial charge in [-0.3, -0.25) is 4.79 Å². The van der Waals surface area contributed by atoms with E-state index >= 15 is 0 Å². The van der Waals surface area contributed by atoms with Gasteiger partial charge in [-0.05, 0) is 47.5 Å². The van der Waals surface area contributed by atoms with Crippen molar-refractivity contribution < 1.29 is 9.21 Å². The van der Waals surface area contributed by atoms with E-state index in [9.17, 15) is 4.79 Å². The molecule has 0 aliphatic carbocycles. The number of hydrogen-bond donors (Lipinski definition) is 0. The zero-order chi connectivity index (χ0) is 15.8. The quantitative estimate of drug-likeness (QED) is 0.692. The molecule has 3 aromatic rings. The Hall–Kier alpha value is -2.18. The first-order valence-corrected chi connectivity index (χ1v) is 9.02. The zero-order valence-corrected chi connectivity index (χ0v) is 14.1. The second-order valence-corrected chi connectivity index (χ2v) is 7.23. The molecule has 0 saturated heterocycles. The van der Waals surface area contributed by atoms with Crippen LogP contribution in [-0.4, -0.2) is 16.6 Å². The molecule has 0 aromatic carbocycles. The fourth-order valence-electron chi connectivity index (χ4n) is 2.73. The molecular weight excluding hydrogens is 328 g/mol. The van der Waals surface area contributed by atoms with Crippen molar-refractivity contribution in [1.29, 1.82) is 0 Å². The van der Waals surface area contributed by atoms with E-state index in [-0.39, 0.29) is 11.9 Å². The van der Waals surface area contributed by atoms with E-state index < -0.39 is 0 Å². The zero-order valence-electron chi connectivity index (χ0n) is 12.4. The fraction of sp³-hybridized carbons (Fsp3) is 0.176. The number of carbonyl (C=O) groups is 1. The minimum absolute atomic E-state index is 0.0651. The fourth-order valence-corrected chi connectivity index (χ4v) is 4.47. The van der Waals surface area contributed by atoms with Crippen LogP contribution in [0.5, 0.6) is 0 Å². The molecule has 116 valence electrons. The van der Waals surface area contributed by atoms with Crippen molar-refractivity contribution in [2.75, 3.05) is 0 Å². The van der Waals surface area contributed by atoms with Gasteiger partial charge in [0.15, 0.2) is 5.76 Å². The lowest BCUT2D eigenvalue weighted by Gasteiger charge is -2.20. The average Bonchev–Trinajstić information content (AvgIpc) is 3.32. The molecule has 0 bridgehead atoms. The minimum atomic E-state index is -0.195. The summed E-state index contributed by atoms with van der Waals surface area (Å²) in [6.07, 6.45) is 2.24. The van der Waals surface area contributed by atoms with E-state index in [1.165, 1.54) is 16.7 Å². The van der Waals surface area contributed by atoms with Crippen LogP contribution >= 0.6 is 22.7 Å². The third kappa shape index (κ3) is 2.54. The van der Waals surface area contributed by atoms with Crippen LogP contribution in [0.15, 0.2) is 56.9 Å². The molecular formula is C17H14N2O2S2. The van der Waals surface area contributed by atoms with Crippen LogP contribution in [0.1, 0.15) is 38.3 Å². The maximum absolute atomic E-state index is 12.8. The van der Waals surface area contributed by atoms with Gasteiger partial charge in [0.25, 0.3) is 0 Å². The molecule has 1 aliphatic heterocycles. The van der Waals surface area contributed by atoms with E-state index in [4.69, 9.17) is 4.42 Å². The van der Waals surface area contributed by atoms with E-state index in [2.05, 4.69) is 23.5 Å². The van der Waals surface area contributed by atoms with Crippen LogP contribution < -0.4 is 0 Å². The monoisotopic (exact) mass is 342 g/mol. The van der Waals surface area contributed by atoms with Crippen LogP contribution in [0.2, 0.25) is 0 Å². The Morgan fingerprint density at radius 2 is 2.17 bits per heavy atom. The first-order valence-electron chi connectivity index (χ1n) is 7.26. The summed E-state index contributed by atoms with van der Waals surface area (Å²) in [6.45, 7) is 2.07. The molecule has 23 heavy (non-hydrogen) atoms. The Bertz CT molecular complexity index is 847. The molecule has 4 nitrogen and oxygen atoms in total. The van der Waals surface area contributed by atoms with E-state index in [0.29, 0.717) is 5.76 Å².